The lowest BCUT2D eigenvalue weighted by Gasteiger charge is -2.39. The molecule has 27 heavy (non-hydrogen) atoms. The number of aliphatic hydroxyl groups excluding tert-OH is 1. The molecule has 0 bridgehead atoms. The highest BCUT2D eigenvalue weighted by atomic mass is 16.8. The predicted octanol–water partition coefficient (Wildman–Crippen LogP) is 1.46. The zero-order valence-corrected chi connectivity index (χ0v) is 15.4. The Bertz CT molecular complexity index is 880. The molecule has 3 heterocycles. The molecule has 2 unspecified atom stereocenters. The Morgan fingerprint density at radius 2 is 1.93 bits per heavy atom. The zero-order valence-electron chi connectivity index (χ0n) is 15.4. The molecule has 2 aliphatic rings. The Morgan fingerprint density at radius 1 is 1.19 bits per heavy atom. The van der Waals surface area contributed by atoms with E-state index in [9.17, 15) is 9.90 Å². The van der Waals surface area contributed by atoms with Crippen LogP contribution in [0.25, 0.3) is 11.0 Å². The van der Waals surface area contributed by atoms with Crippen LogP contribution in [0.3, 0.4) is 0 Å². The second-order valence-corrected chi connectivity index (χ2v) is 7.22. The maximum atomic E-state index is 11.4. The van der Waals surface area contributed by atoms with Crippen molar-refractivity contribution < 1.29 is 28.5 Å². The molecule has 146 valence electrons. The second-order valence-electron chi connectivity index (χ2n) is 7.22. The molecular weight excluding hydrogens is 354 g/mol. The number of hydrogen-bond donors (Lipinski definition) is 2. The van der Waals surface area contributed by atoms with Crippen LogP contribution in [0, 0.1) is 0 Å². The van der Waals surface area contributed by atoms with Gasteiger partial charge in [-0.05, 0) is 32.0 Å². The van der Waals surface area contributed by atoms with Crippen LogP contribution in [0.2, 0.25) is 0 Å². The van der Waals surface area contributed by atoms with Crippen molar-refractivity contribution in [3.05, 3.63) is 40.8 Å². The molecule has 2 N–H and O–H groups in total. The predicted molar refractivity (Wildman–Crippen MR) is 96.5 cm³/mol. The first-order valence-corrected chi connectivity index (χ1v) is 8.86. The van der Waals surface area contributed by atoms with Gasteiger partial charge >= 0.3 is 5.63 Å². The second kappa shape index (κ2) is 6.88. The SMILES string of the molecule is CO[C@H]1OC(CNc2ccc3ccc(=O)oc3c2)[C@H](O)C2OC(C)(C)O[C@@H]21. The van der Waals surface area contributed by atoms with Gasteiger partial charge in [-0.3, -0.25) is 0 Å². The summed E-state index contributed by atoms with van der Waals surface area (Å²) in [5.74, 6) is -0.811. The van der Waals surface area contributed by atoms with Crippen molar-refractivity contribution in [1.29, 1.82) is 0 Å². The summed E-state index contributed by atoms with van der Waals surface area (Å²) in [5, 5.41) is 14.7. The van der Waals surface area contributed by atoms with Gasteiger partial charge in [0.15, 0.2) is 12.1 Å². The number of ether oxygens (including phenoxy) is 4. The van der Waals surface area contributed by atoms with E-state index in [4.69, 9.17) is 23.4 Å². The van der Waals surface area contributed by atoms with Crippen molar-refractivity contribution in [3.63, 3.8) is 0 Å². The quantitative estimate of drug-likeness (QED) is 0.773. The number of benzene rings is 1. The Morgan fingerprint density at radius 3 is 2.70 bits per heavy atom. The molecule has 1 aromatic carbocycles. The summed E-state index contributed by atoms with van der Waals surface area (Å²) in [6.45, 7) is 3.90. The highest BCUT2D eigenvalue weighted by Gasteiger charge is 2.55. The minimum absolute atomic E-state index is 0.316. The number of fused-ring (bicyclic) bond motifs is 2. The molecule has 0 saturated carbocycles. The largest absolute Gasteiger partial charge is 0.423 e. The van der Waals surface area contributed by atoms with Crippen molar-refractivity contribution in [2.24, 2.45) is 0 Å². The Balaban J connectivity index is 1.48. The third-order valence-electron chi connectivity index (χ3n) is 4.82. The monoisotopic (exact) mass is 377 g/mol. The fourth-order valence-electron chi connectivity index (χ4n) is 3.58. The number of nitrogens with one attached hydrogen (secondary N) is 1. The van der Waals surface area contributed by atoms with Gasteiger partial charge in [0, 0.05) is 36.9 Å². The van der Waals surface area contributed by atoms with Crippen LogP contribution >= 0.6 is 0 Å². The van der Waals surface area contributed by atoms with Crippen LogP contribution < -0.4 is 10.9 Å². The first kappa shape index (κ1) is 18.4. The summed E-state index contributed by atoms with van der Waals surface area (Å²) in [6.07, 6.45) is -3.12. The number of rotatable bonds is 4. The van der Waals surface area contributed by atoms with Crippen molar-refractivity contribution in [2.45, 2.75) is 50.3 Å². The normalized spacial score (nSPS) is 32.4. The first-order chi connectivity index (χ1) is 12.9. The third-order valence-corrected chi connectivity index (χ3v) is 4.82. The third kappa shape index (κ3) is 3.59. The highest BCUT2D eigenvalue weighted by molar-refractivity contribution is 5.80. The summed E-state index contributed by atoms with van der Waals surface area (Å²) in [5.41, 5.74) is 0.829. The van der Waals surface area contributed by atoms with E-state index in [1.165, 1.54) is 13.2 Å². The van der Waals surface area contributed by atoms with Crippen LogP contribution in [-0.2, 0) is 18.9 Å². The van der Waals surface area contributed by atoms with Crippen LogP contribution in [0.1, 0.15) is 13.8 Å². The molecule has 0 spiro atoms. The Labute approximate surface area is 156 Å². The maximum Gasteiger partial charge on any atom is 0.336 e. The molecule has 4 rings (SSSR count). The summed E-state index contributed by atoms with van der Waals surface area (Å²) >= 11 is 0. The van der Waals surface area contributed by atoms with Crippen molar-refractivity contribution in [3.8, 4) is 0 Å². The van der Waals surface area contributed by atoms with E-state index in [0.717, 1.165) is 11.1 Å². The molecule has 2 fully saturated rings. The van der Waals surface area contributed by atoms with Gasteiger partial charge in [-0.1, -0.05) is 0 Å². The summed E-state index contributed by atoms with van der Waals surface area (Å²) in [6, 6.07) is 8.55. The fourth-order valence-corrected chi connectivity index (χ4v) is 3.58. The molecule has 2 aromatic rings. The van der Waals surface area contributed by atoms with Gasteiger partial charge in [-0.25, -0.2) is 4.79 Å². The van der Waals surface area contributed by atoms with Crippen LogP contribution in [0.5, 0.6) is 0 Å². The summed E-state index contributed by atoms with van der Waals surface area (Å²) in [4.78, 5) is 11.4. The van der Waals surface area contributed by atoms with Crippen LogP contribution in [0.15, 0.2) is 39.5 Å². The maximum absolute atomic E-state index is 11.4. The topological polar surface area (TPSA) is 99.4 Å². The average Bonchev–Trinajstić information content (AvgIpc) is 2.96. The van der Waals surface area contributed by atoms with Gasteiger partial charge in [-0.2, -0.15) is 0 Å². The van der Waals surface area contributed by atoms with E-state index in [2.05, 4.69) is 5.32 Å². The number of hydrogen-bond acceptors (Lipinski definition) is 8. The molecule has 5 atom stereocenters. The molecular formula is C19H23NO7. The molecule has 0 aliphatic carbocycles. The van der Waals surface area contributed by atoms with Crippen molar-refractivity contribution in [1.82, 2.24) is 0 Å². The van der Waals surface area contributed by atoms with E-state index < -0.39 is 42.1 Å². The lowest BCUT2D eigenvalue weighted by atomic mass is 9.99. The van der Waals surface area contributed by atoms with E-state index in [1.807, 2.05) is 12.1 Å². The highest BCUT2D eigenvalue weighted by Crippen LogP contribution is 2.37. The fraction of sp³-hybridized carbons (Fsp3) is 0.526. The van der Waals surface area contributed by atoms with E-state index in [1.54, 1.807) is 26.0 Å². The van der Waals surface area contributed by atoms with E-state index >= 15 is 0 Å². The molecule has 0 radical (unpaired) electrons. The van der Waals surface area contributed by atoms with Gasteiger partial charge in [0.05, 0.1) is 0 Å². The molecule has 8 nitrogen and oxygen atoms in total. The molecule has 8 heteroatoms. The van der Waals surface area contributed by atoms with Crippen molar-refractivity contribution in [2.75, 3.05) is 19.0 Å². The standard InChI is InChI=1S/C19H23NO7/c1-19(2)26-16-15(22)13(25-18(23-3)17(16)27-19)9-20-11-6-4-10-5-7-14(21)24-12(10)8-11/h4-8,13,15-18,20,22H,9H2,1-3H3/t13?,15-,16?,17-,18-/m0/s1. The van der Waals surface area contributed by atoms with Gasteiger partial charge < -0.3 is 33.8 Å². The summed E-state index contributed by atoms with van der Waals surface area (Å²) < 4.78 is 28.1. The van der Waals surface area contributed by atoms with Gasteiger partial charge in [0.1, 0.15) is 30.0 Å². The molecule has 0 amide bonds. The Hall–Kier alpha value is -1.97. The minimum atomic E-state index is -0.880. The number of methoxy groups -OCH3 is 1. The first-order valence-electron chi connectivity index (χ1n) is 8.86. The summed E-state index contributed by atoms with van der Waals surface area (Å²) in [7, 11) is 1.53. The van der Waals surface area contributed by atoms with E-state index in [-0.39, 0.29) is 0 Å². The minimum Gasteiger partial charge on any atom is -0.423 e. The average molecular weight is 377 g/mol. The van der Waals surface area contributed by atoms with E-state index in [0.29, 0.717) is 12.1 Å². The van der Waals surface area contributed by atoms with Gasteiger partial charge in [0.25, 0.3) is 0 Å². The van der Waals surface area contributed by atoms with Crippen LogP contribution in [0.4, 0.5) is 5.69 Å². The smallest absolute Gasteiger partial charge is 0.336 e. The lowest BCUT2D eigenvalue weighted by molar-refractivity contribution is -0.263. The van der Waals surface area contributed by atoms with Crippen molar-refractivity contribution >= 4 is 16.7 Å². The number of anilines is 1. The molecule has 1 aromatic heterocycles. The zero-order chi connectivity index (χ0) is 19.2. The molecule has 2 aliphatic heterocycles. The Kier molecular flexibility index (Phi) is 4.69. The van der Waals surface area contributed by atoms with Crippen LogP contribution in [-0.4, -0.2) is 55.3 Å². The number of aliphatic hydroxyl groups is 1. The van der Waals surface area contributed by atoms with Gasteiger partial charge in [-0.15, -0.1) is 0 Å². The molecule has 2 saturated heterocycles. The van der Waals surface area contributed by atoms with Gasteiger partial charge in [0.2, 0.25) is 0 Å². The lowest BCUT2D eigenvalue weighted by Crippen LogP contribution is -2.58.